The van der Waals surface area contributed by atoms with E-state index in [2.05, 4.69) is 17.6 Å². The maximum atomic E-state index is 13.0. The predicted molar refractivity (Wildman–Crippen MR) is 100 cm³/mol. The molecule has 1 heterocycles. The van der Waals surface area contributed by atoms with Crippen molar-refractivity contribution in [1.29, 1.82) is 0 Å². The Kier molecular flexibility index (Phi) is 5.27. The molecule has 0 unspecified atom stereocenters. The van der Waals surface area contributed by atoms with Crippen LogP contribution in [0.5, 0.6) is 5.75 Å². The van der Waals surface area contributed by atoms with Crippen LogP contribution in [0.3, 0.4) is 0 Å². The van der Waals surface area contributed by atoms with Crippen LogP contribution in [0.2, 0.25) is 0 Å². The van der Waals surface area contributed by atoms with Crippen LogP contribution < -0.4 is 15.4 Å². The summed E-state index contributed by atoms with van der Waals surface area (Å²) < 4.78 is 11.3. The lowest BCUT2D eigenvalue weighted by Crippen LogP contribution is -2.45. The Bertz CT molecular complexity index is 716. The molecule has 1 aromatic carbocycles. The number of carbonyl (C=O) groups is 1. The van der Waals surface area contributed by atoms with Gasteiger partial charge in [-0.15, -0.1) is 0 Å². The molecule has 1 aliphatic heterocycles. The molecule has 0 saturated heterocycles. The molecule has 3 rings (SSSR count). The van der Waals surface area contributed by atoms with Crippen LogP contribution in [0.1, 0.15) is 44.7 Å². The number of rotatable bonds is 4. The Balaban J connectivity index is 1.93. The van der Waals surface area contributed by atoms with Crippen LogP contribution >= 0.6 is 12.2 Å². The van der Waals surface area contributed by atoms with Gasteiger partial charge >= 0.3 is 5.97 Å². The van der Waals surface area contributed by atoms with Gasteiger partial charge < -0.3 is 20.1 Å². The number of allylic oxidation sites excluding steroid dienone is 1. The molecule has 0 aromatic heterocycles. The molecule has 1 aromatic rings. The van der Waals surface area contributed by atoms with E-state index in [0.717, 1.165) is 30.5 Å². The molecule has 25 heavy (non-hydrogen) atoms. The number of carbonyl (C=O) groups excluding carboxylic acids is 1. The molecule has 134 valence electrons. The van der Waals surface area contributed by atoms with Gasteiger partial charge in [-0.05, 0) is 50.4 Å². The zero-order valence-electron chi connectivity index (χ0n) is 14.8. The fourth-order valence-electron chi connectivity index (χ4n) is 3.59. The molecule has 0 spiro atoms. The van der Waals surface area contributed by atoms with E-state index in [4.69, 9.17) is 21.7 Å². The summed E-state index contributed by atoms with van der Waals surface area (Å²) in [5.41, 5.74) is 2.13. The molecule has 6 heteroatoms. The van der Waals surface area contributed by atoms with Crippen LogP contribution in [-0.2, 0) is 9.53 Å². The van der Waals surface area contributed by atoms with E-state index in [0.29, 0.717) is 22.4 Å². The summed E-state index contributed by atoms with van der Waals surface area (Å²) in [5.74, 6) is 0.812. The molecule has 0 bridgehead atoms. The molecule has 1 saturated carbocycles. The highest BCUT2D eigenvalue weighted by atomic mass is 32.1. The summed E-state index contributed by atoms with van der Waals surface area (Å²) in [6.07, 6.45) is 3.12. The lowest BCUT2D eigenvalue weighted by atomic mass is 9.94. The van der Waals surface area contributed by atoms with Crippen molar-refractivity contribution in [2.24, 2.45) is 5.92 Å². The molecule has 3 atom stereocenters. The minimum atomic E-state index is -0.394. The van der Waals surface area contributed by atoms with Crippen molar-refractivity contribution < 1.29 is 14.3 Å². The van der Waals surface area contributed by atoms with Crippen LogP contribution in [0.15, 0.2) is 35.5 Å². The summed E-state index contributed by atoms with van der Waals surface area (Å²) in [5, 5.41) is 6.71. The second-order valence-corrected chi connectivity index (χ2v) is 7.07. The Morgan fingerprint density at radius 1 is 1.28 bits per heavy atom. The highest BCUT2D eigenvalue weighted by Crippen LogP contribution is 2.35. The molecule has 0 amide bonds. The summed E-state index contributed by atoms with van der Waals surface area (Å²) in [6.45, 7) is 3.99. The second-order valence-electron chi connectivity index (χ2n) is 6.66. The van der Waals surface area contributed by atoms with Crippen LogP contribution in [0, 0.1) is 5.92 Å². The van der Waals surface area contributed by atoms with Gasteiger partial charge in [-0.1, -0.05) is 25.1 Å². The first-order chi connectivity index (χ1) is 12.0. The van der Waals surface area contributed by atoms with Crippen molar-refractivity contribution in [3.63, 3.8) is 0 Å². The molecular weight excluding hydrogens is 336 g/mol. The summed E-state index contributed by atoms with van der Waals surface area (Å²) in [7, 11) is 1.62. The zero-order chi connectivity index (χ0) is 18.0. The molecule has 2 N–H and O–H groups in total. The van der Waals surface area contributed by atoms with Crippen LogP contribution in [0.25, 0.3) is 0 Å². The third kappa shape index (κ3) is 3.63. The minimum Gasteiger partial charge on any atom is -0.496 e. The Labute approximate surface area is 153 Å². The number of hydrogen-bond acceptors (Lipinski definition) is 4. The third-order valence-electron chi connectivity index (χ3n) is 4.98. The SMILES string of the molecule is COc1ccccc1[C@@H]1NC(=S)NC(C)=C1C(=O)O[C@@H]1CCC[C@@H]1C. The Hall–Kier alpha value is -2.08. The third-order valence-corrected chi connectivity index (χ3v) is 5.20. The normalized spacial score (nSPS) is 26.0. The standard InChI is InChI=1S/C19H24N2O3S/c1-11-7-6-10-14(11)24-18(22)16-12(2)20-19(25)21-17(16)13-8-4-5-9-15(13)23-3/h4-5,8-9,11,14,17H,6-7,10H2,1-3H3,(H2,20,21,25)/t11-,14+,17-/m0/s1. The van der Waals surface area contributed by atoms with E-state index >= 15 is 0 Å². The largest absolute Gasteiger partial charge is 0.496 e. The molecule has 5 nitrogen and oxygen atoms in total. The number of nitrogens with one attached hydrogen (secondary N) is 2. The van der Waals surface area contributed by atoms with Crippen molar-refractivity contribution in [2.45, 2.75) is 45.3 Å². The quantitative estimate of drug-likeness (QED) is 0.635. The first-order valence-corrected chi connectivity index (χ1v) is 9.04. The summed E-state index contributed by atoms with van der Waals surface area (Å²) in [6, 6.07) is 7.23. The predicted octanol–water partition coefficient (Wildman–Crippen LogP) is 3.22. The lowest BCUT2D eigenvalue weighted by Gasteiger charge is -2.31. The topological polar surface area (TPSA) is 59.6 Å². The average molecular weight is 360 g/mol. The maximum absolute atomic E-state index is 13.0. The van der Waals surface area contributed by atoms with Crippen LogP contribution in [-0.4, -0.2) is 24.3 Å². The van der Waals surface area contributed by atoms with Crippen molar-refractivity contribution in [3.05, 3.63) is 41.1 Å². The fourth-order valence-corrected chi connectivity index (χ4v) is 3.86. The number of benzene rings is 1. The molecule has 1 fully saturated rings. The first-order valence-electron chi connectivity index (χ1n) is 8.63. The number of thiocarbonyl (C=S) groups is 1. The number of methoxy groups -OCH3 is 1. The van der Waals surface area contributed by atoms with E-state index in [1.165, 1.54) is 0 Å². The summed E-state index contributed by atoms with van der Waals surface area (Å²) >= 11 is 5.29. The van der Waals surface area contributed by atoms with Gasteiger partial charge in [0.1, 0.15) is 11.9 Å². The zero-order valence-corrected chi connectivity index (χ0v) is 15.6. The smallest absolute Gasteiger partial charge is 0.338 e. The number of hydrogen-bond donors (Lipinski definition) is 2. The molecule has 1 aliphatic carbocycles. The lowest BCUT2D eigenvalue weighted by molar-refractivity contribution is -0.146. The van der Waals surface area contributed by atoms with Gasteiger partial charge in [0.25, 0.3) is 0 Å². The van der Waals surface area contributed by atoms with Crippen molar-refractivity contribution >= 4 is 23.3 Å². The Morgan fingerprint density at radius 3 is 2.72 bits per heavy atom. The highest BCUT2D eigenvalue weighted by molar-refractivity contribution is 7.80. The fraction of sp³-hybridized carbons (Fsp3) is 0.474. The van der Waals surface area contributed by atoms with Gasteiger partial charge in [-0.25, -0.2) is 4.79 Å². The van der Waals surface area contributed by atoms with E-state index in [-0.39, 0.29) is 12.1 Å². The van der Waals surface area contributed by atoms with E-state index in [9.17, 15) is 4.79 Å². The number of esters is 1. The average Bonchev–Trinajstić information content (AvgIpc) is 2.98. The van der Waals surface area contributed by atoms with Crippen molar-refractivity contribution in [2.75, 3.05) is 7.11 Å². The van der Waals surface area contributed by atoms with Crippen molar-refractivity contribution in [1.82, 2.24) is 10.6 Å². The van der Waals surface area contributed by atoms with Gasteiger partial charge in [0.15, 0.2) is 5.11 Å². The van der Waals surface area contributed by atoms with Crippen molar-refractivity contribution in [3.8, 4) is 5.75 Å². The van der Waals surface area contributed by atoms with Gasteiger partial charge in [-0.3, -0.25) is 0 Å². The first kappa shape index (κ1) is 17.7. The summed E-state index contributed by atoms with van der Waals surface area (Å²) in [4.78, 5) is 13.0. The van der Waals surface area contributed by atoms with E-state index in [1.54, 1.807) is 7.11 Å². The van der Waals surface area contributed by atoms with Gasteiger partial charge in [0.2, 0.25) is 0 Å². The highest BCUT2D eigenvalue weighted by Gasteiger charge is 2.35. The minimum absolute atomic E-state index is 0.0139. The van der Waals surface area contributed by atoms with E-state index < -0.39 is 6.04 Å². The van der Waals surface area contributed by atoms with Gasteiger partial charge in [0, 0.05) is 11.3 Å². The monoisotopic (exact) mass is 360 g/mol. The number of ether oxygens (including phenoxy) is 2. The van der Waals surface area contributed by atoms with E-state index in [1.807, 2.05) is 31.2 Å². The molecular formula is C19H24N2O3S. The van der Waals surface area contributed by atoms with Gasteiger partial charge in [-0.2, -0.15) is 0 Å². The van der Waals surface area contributed by atoms with Gasteiger partial charge in [0.05, 0.1) is 18.7 Å². The number of para-hydroxylation sites is 1. The Morgan fingerprint density at radius 2 is 2.04 bits per heavy atom. The molecule has 0 radical (unpaired) electrons. The second kappa shape index (κ2) is 7.44. The maximum Gasteiger partial charge on any atom is 0.338 e. The van der Waals surface area contributed by atoms with Crippen LogP contribution in [0.4, 0.5) is 0 Å². The molecule has 2 aliphatic rings.